The number of rotatable bonds is 4. The summed E-state index contributed by atoms with van der Waals surface area (Å²) in [6, 6.07) is 0. The van der Waals surface area contributed by atoms with Crippen LogP contribution in [0.15, 0.2) is 23.8 Å². The number of nitrogens with two attached hydrogens (primary N) is 2. The Bertz CT molecular complexity index is 1980. The number of nitrogen functional groups attached to an aromatic ring is 2. The Labute approximate surface area is 268 Å². The number of thiol groups is 1. The number of phosphoric ester groups is 2. The van der Waals surface area contributed by atoms with Gasteiger partial charge in [-0.1, -0.05) is 0 Å². The average molecular weight is 719 g/mol. The standard InChI is InChI=1S/C22H28N10O12P2S/c23-16-11-17(26-5-25-16)31(6-27-11)20-13(33)15-10(42-20)4-40-45(35,36)43-14-8(1-2-47)9(3-39-46(37,38)44-15)41-21(14)32-7-28-12-18(32)29-22(24)30-19(12)34/h5-10,13-15,20-21,33,47H,1-4H2,(H,35,36)(H,37,38)(H2,23,25,26)(H3,24,29,30,34)/t8?,9-,10-,13+,14+,15?,20-,21-/m1/s1. The number of phosphoric acid groups is 2. The third-order valence-corrected chi connectivity index (χ3v) is 10.2. The van der Waals surface area contributed by atoms with Crippen LogP contribution in [-0.2, 0) is 36.7 Å². The van der Waals surface area contributed by atoms with Crippen molar-refractivity contribution in [2.24, 2.45) is 5.92 Å². The van der Waals surface area contributed by atoms with Crippen molar-refractivity contribution in [3.63, 3.8) is 0 Å². The first-order valence-corrected chi connectivity index (χ1v) is 17.5. The molecule has 0 amide bonds. The molecule has 47 heavy (non-hydrogen) atoms. The van der Waals surface area contributed by atoms with E-state index in [-0.39, 0.29) is 46.3 Å². The third-order valence-electron chi connectivity index (χ3n) is 7.97. The van der Waals surface area contributed by atoms with E-state index < -0.39 is 83.3 Å². The summed E-state index contributed by atoms with van der Waals surface area (Å²) in [5.74, 6) is -0.721. The molecule has 25 heteroatoms. The predicted octanol–water partition coefficient (Wildman–Crippen LogP) is -0.766. The molecule has 7 rings (SSSR count). The molecule has 10 atom stereocenters. The summed E-state index contributed by atoms with van der Waals surface area (Å²) in [5, 5.41) is 11.2. The molecule has 3 fully saturated rings. The van der Waals surface area contributed by atoms with Gasteiger partial charge < -0.3 is 35.8 Å². The van der Waals surface area contributed by atoms with E-state index in [9.17, 15) is 28.8 Å². The SMILES string of the molecule is Nc1nc2c(ncn2[C@@H]2O[C@@H]3COP(=O)(O)OC4[C@@H](COP(=O)(O)O[C@H]2C3CCS)O[C@@H](n2cnc3c(N)ncnc32)[C@H]4O)c(=O)[nH]1. The fraction of sp³-hybridized carbons (Fsp3) is 0.545. The molecule has 4 aromatic rings. The van der Waals surface area contributed by atoms with Crippen LogP contribution in [0.25, 0.3) is 22.3 Å². The number of nitrogens with one attached hydrogen (secondary N) is 1. The van der Waals surface area contributed by atoms with Gasteiger partial charge in [-0.25, -0.2) is 29.1 Å². The molecule has 3 aliphatic rings. The monoisotopic (exact) mass is 718 g/mol. The Morgan fingerprint density at radius 1 is 0.915 bits per heavy atom. The smallest absolute Gasteiger partial charge is 0.386 e. The van der Waals surface area contributed by atoms with Gasteiger partial charge in [0.05, 0.1) is 32.0 Å². The molecule has 8 N–H and O–H groups in total. The summed E-state index contributed by atoms with van der Waals surface area (Å²) < 4.78 is 63.1. The number of anilines is 2. The van der Waals surface area contributed by atoms with Crippen molar-refractivity contribution in [1.82, 2.24) is 39.0 Å². The third kappa shape index (κ3) is 5.96. The minimum absolute atomic E-state index is 0.0247. The molecule has 2 bridgehead atoms. The van der Waals surface area contributed by atoms with Crippen molar-refractivity contribution < 1.29 is 51.6 Å². The summed E-state index contributed by atoms with van der Waals surface area (Å²) >= 11 is 4.29. The average Bonchev–Trinajstić information content (AvgIpc) is 3.76. The van der Waals surface area contributed by atoms with Gasteiger partial charge >= 0.3 is 15.6 Å². The molecule has 0 saturated carbocycles. The Hall–Kier alpha value is -3.05. The second-order valence-electron chi connectivity index (χ2n) is 10.8. The Morgan fingerprint density at radius 2 is 1.55 bits per heavy atom. The van der Waals surface area contributed by atoms with Crippen molar-refractivity contribution in [1.29, 1.82) is 0 Å². The van der Waals surface area contributed by atoms with E-state index in [4.69, 9.17) is 39.0 Å². The highest BCUT2D eigenvalue weighted by Gasteiger charge is 2.54. The van der Waals surface area contributed by atoms with Gasteiger partial charge in [0, 0.05) is 5.92 Å². The number of imidazole rings is 2. The highest BCUT2D eigenvalue weighted by atomic mass is 32.1. The fourth-order valence-electron chi connectivity index (χ4n) is 5.90. The zero-order valence-electron chi connectivity index (χ0n) is 23.8. The summed E-state index contributed by atoms with van der Waals surface area (Å²) in [7, 11) is -9.99. The number of ether oxygens (including phenoxy) is 2. The molecule has 3 aliphatic heterocycles. The first-order valence-electron chi connectivity index (χ1n) is 13.9. The topological polar surface area (TPSA) is 309 Å². The molecule has 254 valence electrons. The first kappa shape index (κ1) is 32.5. The molecule has 0 spiro atoms. The molecule has 0 radical (unpaired) electrons. The van der Waals surface area contributed by atoms with E-state index in [1.165, 1.54) is 28.1 Å². The van der Waals surface area contributed by atoms with Crippen LogP contribution in [0.4, 0.5) is 11.8 Å². The number of H-pyrrole nitrogens is 1. The number of hydrogen-bond acceptors (Lipinski definition) is 18. The molecule has 0 aromatic carbocycles. The lowest BCUT2D eigenvalue weighted by Gasteiger charge is -2.26. The number of hydrogen-bond donors (Lipinski definition) is 7. The molecule has 0 aliphatic carbocycles. The molecule has 22 nitrogen and oxygen atoms in total. The summed E-state index contributed by atoms with van der Waals surface area (Å²) in [6.45, 7) is -1.35. The van der Waals surface area contributed by atoms with Crippen LogP contribution in [0, 0.1) is 5.92 Å². The Morgan fingerprint density at radius 3 is 2.28 bits per heavy atom. The van der Waals surface area contributed by atoms with Crippen molar-refractivity contribution >= 4 is 62.4 Å². The van der Waals surface area contributed by atoms with E-state index in [0.717, 1.165) is 0 Å². The normalized spacial score (nSPS) is 36.6. The fourth-order valence-corrected chi connectivity index (χ4v) is 8.13. The summed E-state index contributed by atoms with van der Waals surface area (Å²) in [5.41, 5.74) is 11.2. The van der Waals surface area contributed by atoms with Gasteiger partial charge in [0.1, 0.15) is 36.3 Å². The van der Waals surface area contributed by atoms with Gasteiger partial charge in [0.15, 0.2) is 35.1 Å². The quantitative estimate of drug-likeness (QED) is 0.101. The highest BCUT2D eigenvalue weighted by Crippen LogP contribution is 2.55. The maximum Gasteiger partial charge on any atom is 0.472 e. The first-order chi connectivity index (χ1) is 22.4. The molecular formula is C22H28N10O12P2S. The lowest BCUT2D eigenvalue weighted by molar-refractivity contribution is -0.0671. The molecule has 4 unspecified atom stereocenters. The minimum atomic E-state index is -5.00. The highest BCUT2D eigenvalue weighted by molar-refractivity contribution is 7.80. The van der Waals surface area contributed by atoms with E-state index >= 15 is 0 Å². The largest absolute Gasteiger partial charge is 0.472 e. The summed E-state index contributed by atoms with van der Waals surface area (Å²) in [4.78, 5) is 56.8. The van der Waals surface area contributed by atoms with Crippen LogP contribution < -0.4 is 17.0 Å². The van der Waals surface area contributed by atoms with Gasteiger partial charge in [-0.3, -0.25) is 37.0 Å². The number of fused-ring (bicyclic) bond motifs is 5. The van der Waals surface area contributed by atoms with Gasteiger partial charge in [-0.05, 0) is 12.2 Å². The summed E-state index contributed by atoms with van der Waals surface area (Å²) in [6.07, 6.45) is -5.85. The number of aliphatic hydroxyl groups excluding tert-OH is 1. The number of aromatic nitrogens is 8. The van der Waals surface area contributed by atoms with Crippen LogP contribution in [0.2, 0.25) is 0 Å². The zero-order valence-corrected chi connectivity index (χ0v) is 26.5. The Balaban J connectivity index is 1.23. The van der Waals surface area contributed by atoms with E-state index in [0.29, 0.717) is 0 Å². The van der Waals surface area contributed by atoms with Crippen LogP contribution in [0.5, 0.6) is 0 Å². The van der Waals surface area contributed by atoms with Crippen molar-refractivity contribution in [3.05, 3.63) is 29.3 Å². The van der Waals surface area contributed by atoms with Crippen molar-refractivity contribution in [2.75, 3.05) is 30.4 Å². The van der Waals surface area contributed by atoms with Crippen LogP contribution in [0.3, 0.4) is 0 Å². The number of aromatic amines is 1. The lowest BCUT2D eigenvalue weighted by atomic mass is 9.95. The van der Waals surface area contributed by atoms with Crippen LogP contribution in [-0.4, -0.2) is 103 Å². The van der Waals surface area contributed by atoms with E-state index in [1.807, 2.05) is 0 Å². The number of nitrogens with zero attached hydrogens (tertiary/aromatic N) is 7. The van der Waals surface area contributed by atoms with Crippen LogP contribution >= 0.6 is 28.3 Å². The van der Waals surface area contributed by atoms with Gasteiger partial charge in [0.25, 0.3) is 5.56 Å². The minimum Gasteiger partial charge on any atom is -0.386 e. The van der Waals surface area contributed by atoms with Crippen molar-refractivity contribution in [2.45, 2.75) is 49.4 Å². The van der Waals surface area contributed by atoms with E-state index in [1.54, 1.807) is 0 Å². The Kier molecular flexibility index (Phi) is 8.38. The molecule has 3 saturated heterocycles. The maximum atomic E-state index is 13.5. The second kappa shape index (κ2) is 12.1. The van der Waals surface area contributed by atoms with Crippen molar-refractivity contribution in [3.8, 4) is 0 Å². The molecule has 7 heterocycles. The lowest BCUT2D eigenvalue weighted by Crippen LogP contribution is -2.36. The number of aliphatic hydroxyl groups is 1. The predicted molar refractivity (Wildman–Crippen MR) is 159 cm³/mol. The van der Waals surface area contributed by atoms with Gasteiger partial charge in [-0.2, -0.15) is 17.6 Å². The van der Waals surface area contributed by atoms with E-state index in [2.05, 4.69) is 42.5 Å². The molecule has 4 aromatic heterocycles. The van der Waals surface area contributed by atoms with Gasteiger partial charge in [-0.15, -0.1) is 0 Å². The van der Waals surface area contributed by atoms with Crippen LogP contribution in [0.1, 0.15) is 18.9 Å². The van der Waals surface area contributed by atoms with Gasteiger partial charge in [0.2, 0.25) is 5.95 Å². The molecular weight excluding hydrogens is 690 g/mol. The zero-order chi connectivity index (χ0) is 33.2. The second-order valence-corrected chi connectivity index (χ2v) is 14.1. The maximum absolute atomic E-state index is 13.5.